The van der Waals surface area contributed by atoms with Gasteiger partial charge in [0.15, 0.2) is 0 Å². The highest BCUT2D eigenvalue weighted by molar-refractivity contribution is 7.90. The standard InChI is InChI=1S/C6H11N3O2S/c7-4-5(8)3-6-1-2-9-12(6,10)11/h5-6,9H,1-3,8H2/t5-,6-/m0/s1. The molecule has 0 aromatic rings. The molecule has 0 aliphatic carbocycles. The summed E-state index contributed by atoms with van der Waals surface area (Å²) in [5.41, 5.74) is 5.32. The Hall–Kier alpha value is -0.640. The van der Waals surface area contributed by atoms with Crippen LogP contribution in [0.25, 0.3) is 0 Å². The second-order valence-corrected chi connectivity index (χ2v) is 4.87. The van der Waals surface area contributed by atoms with Gasteiger partial charge in [0.2, 0.25) is 10.0 Å². The first-order chi connectivity index (χ1) is 5.56. The molecule has 2 atom stereocenters. The topological polar surface area (TPSA) is 96.0 Å². The fourth-order valence-electron chi connectivity index (χ4n) is 1.22. The fraction of sp³-hybridized carbons (Fsp3) is 0.833. The molecule has 1 aliphatic heterocycles. The van der Waals surface area contributed by atoms with Crippen molar-refractivity contribution in [2.45, 2.75) is 24.1 Å². The summed E-state index contributed by atoms with van der Waals surface area (Å²) in [6, 6.07) is 1.14. The Balaban J connectivity index is 2.60. The van der Waals surface area contributed by atoms with Crippen molar-refractivity contribution in [3.63, 3.8) is 0 Å². The molecule has 0 amide bonds. The van der Waals surface area contributed by atoms with Crippen molar-refractivity contribution in [2.75, 3.05) is 6.54 Å². The number of rotatable bonds is 2. The van der Waals surface area contributed by atoms with Gasteiger partial charge in [-0.15, -0.1) is 0 Å². The lowest BCUT2D eigenvalue weighted by Crippen LogP contribution is -2.30. The quantitative estimate of drug-likeness (QED) is 0.577. The molecule has 6 heteroatoms. The predicted molar refractivity (Wildman–Crippen MR) is 43.5 cm³/mol. The molecule has 0 spiro atoms. The minimum absolute atomic E-state index is 0.228. The maximum atomic E-state index is 11.1. The van der Waals surface area contributed by atoms with Crippen molar-refractivity contribution in [1.29, 1.82) is 5.26 Å². The zero-order valence-corrected chi connectivity index (χ0v) is 7.34. The maximum absolute atomic E-state index is 11.1. The third-order valence-electron chi connectivity index (χ3n) is 1.89. The molecule has 0 unspecified atom stereocenters. The monoisotopic (exact) mass is 189 g/mol. The summed E-state index contributed by atoms with van der Waals surface area (Å²) in [6.07, 6.45) is 0.781. The fourth-order valence-corrected chi connectivity index (χ4v) is 2.74. The smallest absolute Gasteiger partial charge is 0.214 e. The Morgan fingerprint density at radius 1 is 1.75 bits per heavy atom. The molecule has 1 fully saturated rings. The van der Waals surface area contributed by atoms with E-state index in [1.165, 1.54) is 0 Å². The van der Waals surface area contributed by atoms with Crippen LogP contribution in [-0.2, 0) is 10.0 Å². The maximum Gasteiger partial charge on any atom is 0.214 e. The van der Waals surface area contributed by atoms with E-state index in [9.17, 15) is 8.42 Å². The van der Waals surface area contributed by atoms with Gasteiger partial charge in [-0.05, 0) is 12.8 Å². The zero-order chi connectivity index (χ0) is 9.19. The van der Waals surface area contributed by atoms with Gasteiger partial charge < -0.3 is 5.73 Å². The Morgan fingerprint density at radius 3 is 2.83 bits per heavy atom. The van der Waals surface area contributed by atoms with Crippen molar-refractivity contribution in [3.05, 3.63) is 0 Å². The second kappa shape index (κ2) is 3.39. The minimum Gasteiger partial charge on any atom is -0.316 e. The van der Waals surface area contributed by atoms with Crippen molar-refractivity contribution in [1.82, 2.24) is 4.72 Å². The number of nitrogens with two attached hydrogens (primary N) is 1. The van der Waals surface area contributed by atoms with Crippen LogP contribution in [0.15, 0.2) is 0 Å². The molecule has 0 bridgehead atoms. The Bertz CT molecular complexity index is 292. The second-order valence-electron chi connectivity index (χ2n) is 2.82. The van der Waals surface area contributed by atoms with Crippen LogP contribution >= 0.6 is 0 Å². The first kappa shape index (κ1) is 9.45. The van der Waals surface area contributed by atoms with E-state index in [4.69, 9.17) is 11.0 Å². The molecule has 1 saturated heterocycles. The number of sulfonamides is 1. The van der Waals surface area contributed by atoms with Crippen LogP contribution in [-0.4, -0.2) is 26.3 Å². The normalized spacial score (nSPS) is 29.5. The summed E-state index contributed by atoms with van der Waals surface area (Å²) in [4.78, 5) is 0. The molecule has 12 heavy (non-hydrogen) atoms. The van der Waals surface area contributed by atoms with Gasteiger partial charge in [-0.2, -0.15) is 5.26 Å². The molecule has 3 N–H and O–H groups in total. The van der Waals surface area contributed by atoms with Crippen LogP contribution < -0.4 is 10.5 Å². The van der Waals surface area contributed by atoms with E-state index in [1.54, 1.807) is 0 Å². The van der Waals surface area contributed by atoms with Crippen molar-refractivity contribution < 1.29 is 8.42 Å². The summed E-state index contributed by atoms with van der Waals surface area (Å²) in [5.74, 6) is 0. The number of nitrogens with one attached hydrogen (secondary N) is 1. The Labute approximate surface area is 71.6 Å². The third-order valence-corrected chi connectivity index (χ3v) is 3.80. The highest BCUT2D eigenvalue weighted by Crippen LogP contribution is 2.15. The van der Waals surface area contributed by atoms with E-state index in [0.29, 0.717) is 13.0 Å². The average Bonchev–Trinajstić information content (AvgIpc) is 2.31. The van der Waals surface area contributed by atoms with E-state index >= 15 is 0 Å². The Morgan fingerprint density at radius 2 is 2.42 bits per heavy atom. The lowest BCUT2D eigenvalue weighted by Gasteiger charge is -2.08. The lowest BCUT2D eigenvalue weighted by molar-refractivity contribution is 0.572. The molecule has 68 valence electrons. The molecule has 0 aromatic heterocycles. The van der Waals surface area contributed by atoms with E-state index < -0.39 is 21.3 Å². The summed E-state index contributed by atoms with van der Waals surface area (Å²) >= 11 is 0. The highest BCUT2D eigenvalue weighted by Gasteiger charge is 2.31. The summed E-state index contributed by atoms with van der Waals surface area (Å²) < 4.78 is 24.7. The SMILES string of the molecule is N#C[C@@H](N)C[C@@H]1CCNS1(=O)=O. The van der Waals surface area contributed by atoms with Crippen LogP contribution in [0.2, 0.25) is 0 Å². The van der Waals surface area contributed by atoms with Gasteiger partial charge in [0, 0.05) is 6.54 Å². The molecule has 1 heterocycles. The van der Waals surface area contributed by atoms with E-state index in [2.05, 4.69) is 4.72 Å². The van der Waals surface area contributed by atoms with E-state index in [-0.39, 0.29) is 6.42 Å². The van der Waals surface area contributed by atoms with Gasteiger partial charge in [0.1, 0.15) is 0 Å². The molecule has 5 nitrogen and oxygen atoms in total. The van der Waals surface area contributed by atoms with Gasteiger partial charge >= 0.3 is 0 Å². The van der Waals surface area contributed by atoms with E-state index in [1.807, 2.05) is 6.07 Å². The number of nitriles is 1. The molecule has 0 aromatic carbocycles. The highest BCUT2D eigenvalue weighted by atomic mass is 32.2. The van der Waals surface area contributed by atoms with Crippen LogP contribution in [0.3, 0.4) is 0 Å². The summed E-state index contributed by atoms with van der Waals surface area (Å²) in [5, 5.41) is 7.90. The van der Waals surface area contributed by atoms with E-state index in [0.717, 1.165) is 0 Å². The summed E-state index contributed by atoms with van der Waals surface area (Å²) in [7, 11) is -3.17. The molecule has 1 aliphatic rings. The van der Waals surface area contributed by atoms with Gasteiger partial charge in [-0.1, -0.05) is 0 Å². The Kier molecular flexibility index (Phi) is 2.67. The molecular weight excluding hydrogens is 178 g/mol. The van der Waals surface area contributed by atoms with Crippen LogP contribution in [0.5, 0.6) is 0 Å². The minimum atomic E-state index is -3.17. The van der Waals surface area contributed by atoms with Gasteiger partial charge in [0.25, 0.3) is 0 Å². The summed E-state index contributed by atoms with van der Waals surface area (Å²) in [6.45, 7) is 0.463. The first-order valence-electron chi connectivity index (χ1n) is 3.70. The predicted octanol–water partition coefficient (Wildman–Crippen LogP) is -1.08. The van der Waals surface area contributed by atoms with Crippen LogP contribution in [0, 0.1) is 11.3 Å². The van der Waals surface area contributed by atoms with Crippen molar-refractivity contribution in [3.8, 4) is 6.07 Å². The third kappa shape index (κ3) is 1.94. The van der Waals surface area contributed by atoms with Gasteiger partial charge in [0.05, 0.1) is 17.4 Å². The largest absolute Gasteiger partial charge is 0.316 e. The lowest BCUT2D eigenvalue weighted by atomic mass is 10.1. The molecule has 0 saturated carbocycles. The molecular formula is C6H11N3O2S. The van der Waals surface area contributed by atoms with Gasteiger partial charge in [-0.3, -0.25) is 0 Å². The van der Waals surface area contributed by atoms with Gasteiger partial charge in [-0.25, -0.2) is 13.1 Å². The number of hydrogen-bond donors (Lipinski definition) is 2. The number of hydrogen-bond acceptors (Lipinski definition) is 4. The first-order valence-corrected chi connectivity index (χ1v) is 5.24. The van der Waals surface area contributed by atoms with Crippen LogP contribution in [0.4, 0.5) is 0 Å². The van der Waals surface area contributed by atoms with Crippen molar-refractivity contribution >= 4 is 10.0 Å². The average molecular weight is 189 g/mol. The molecule has 0 radical (unpaired) electrons. The zero-order valence-electron chi connectivity index (χ0n) is 6.53. The number of nitrogens with zero attached hydrogens (tertiary/aromatic N) is 1. The molecule has 1 rings (SSSR count). The van der Waals surface area contributed by atoms with Crippen LogP contribution in [0.1, 0.15) is 12.8 Å². The van der Waals surface area contributed by atoms with Crippen molar-refractivity contribution in [2.24, 2.45) is 5.73 Å².